The van der Waals surface area contributed by atoms with Gasteiger partial charge >= 0.3 is 5.97 Å². The molecule has 7 nitrogen and oxygen atoms in total. The molecule has 0 radical (unpaired) electrons. The van der Waals surface area contributed by atoms with Gasteiger partial charge in [-0.25, -0.2) is 0 Å². The molecule has 0 aliphatic carbocycles. The van der Waals surface area contributed by atoms with E-state index in [0.29, 0.717) is 24.8 Å². The summed E-state index contributed by atoms with van der Waals surface area (Å²) in [5.41, 5.74) is 0. The summed E-state index contributed by atoms with van der Waals surface area (Å²) < 4.78 is 5.42. The summed E-state index contributed by atoms with van der Waals surface area (Å²) in [5, 5.41) is 8.99. The maximum Gasteiger partial charge on any atom is 0.323 e. The van der Waals surface area contributed by atoms with Gasteiger partial charge in [0.1, 0.15) is 6.54 Å². The van der Waals surface area contributed by atoms with E-state index < -0.39 is 5.97 Å². The number of carbonyl (C=O) groups is 1. The van der Waals surface area contributed by atoms with Crippen LogP contribution in [0.5, 0.6) is 5.88 Å². The molecule has 1 aromatic rings. The molecule has 0 aromatic carbocycles. The monoisotopic (exact) mass is 282 g/mol. The van der Waals surface area contributed by atoms with Crippen LogP contribution in [0.15, 0.2) is 12.4 Å². The van der Waals surface area contributed by atoms with Crippen molar-refractivity contribution in [3.05, 3.63) is 12.4 Å². The van der Waals surface area contributed by atoms with Crippen molar-refractivity contribution in [1.82, 2.24) is 14.9 Å². The average Bonchev–Trinajstić information content (AvgIpc) is 2.41. The van der Waals surface area contributed by atoms with Gasteiger partial charge in [0.15, 0.2) is 5.82 Å². The standard InChI is InChI=1S/C13H22N4O3/c1-4-7-20-12-9-14-8-11(15-12)17(10-13(18)19)6-5-16(2)3/h8-9H,4-7,10H2,1-3H3,(H,18,19). The Morgan fingerprint density at radius 3 is 2.70 bits per heavy atom. The van der Waals surface area contributed by atoms with Crippen LogP contribution in [-0.2, 0) is 4.79 Å². The Bertz CT molecular complexity index is 426. The van der Waals surface area contributed by atoms with Crippen molar-refractivity contribution >= 4 is 11.8 Å². The SMILES string of the molecule is CCCOc1cncc(N(CCN(C)C)CC(=O)O)n1. The first-order valence-corrected chi connectivity index (χ1v) is 6.59. The van der Waals surface area contributed by atoms with Crippen molar-refractivity contribution in [1.29, 1.82) is 0 Å². The Labute approximate surface area is 119 Å². The Morgan fingerprint density at radius 1 is 1.35 bits per heavy atom. The third kappa shape index (κ3) is 5.83. The van der Waals surface area contributed by atoms with Crippen LogP contribution in [0.25, 0.3) is 0 Å². The molecule has 0 atom stereocenters. The van der Waals surface area contributed by atoms with Crippen LogP contribution < -0.4 is 9.64 Å². The topological polar surface area (TPSA) is 78.8 Å². The minimum absolute atomic E-state index is 0.111. The lowest BCUT2D eigenvalue weighted by Crippen LogP contribution is -2.36. The highest BCUT2D eigenvalue weighted by Gasteiger charge is 2.13. The van der Waals surface area contributed by atoms with Gasteiger partial charge in [-0.3, -0.25) is 9.78 Å². The largest absolute Gasteiger partial charge is 0.480 e. The second-order valence-corrected chi connectivity index (χ2v) is 4.68. The number of aromatic nitrogens is 2. The molecule has 20 heavy (non-hydrogen) atoms. The molecule has 112 valence electrons. The van der Waals surface area contributed by atoms with Crippen molar-refractivity contribution in [2.24, 2.45) is 0 Å². The van der Waals surface area contributed by atoms with Gasteiger partial charge in [-0.2, -0.15) is 4.98 Å². The quantitative estimate of drug-likeness (QED) is 0.715. The number of hydrogen-bond acceptors (Lipinski definition) is 6. The van der Waals surface area contributed by atoms with E-state index >= 15 is 0 Å². The summed E-state index contributed by atoms with van der Waals surface area (Å²) >= 11 is 0. The van der Waals surface area contributed by atoms with Crippen molar-refractivity contribution in [2.45, 2.75) is 13.3 Å². The van der Waals surface area contributed by atoms with Crippen LogP contribution in [0.4, 0.5) is 5.82 Å². The summed E-state index contributed by atoms with van der Waals surface area (Å²) in [4.78, 5) is 23.0. The molecular weight excluding hydrogens is 260 g/mol. The average molecular weight is 282 g/mol. The van der Waals surface area contributed by atoms with E-state index in [1.54, 1.807) is 11.1 Å². The molecule has 0 saturated carbocycles. The van der Waals surface area contributed by atoms with Crippen molar-refractivity contribution in [2.75, 3.05) is 45.2 Å². The van der Waals surface area contributed by atoms with Crippen LogP contribution in [0.3, 0.4) is 0 Å². The number of rotatable bonds is 9. The Balaban J connectivity index is 2.79. The van der Waals surface area contributed by atoms with Gasteiger partial charge < -0.3 is 19.6 Å². The van der Waals surface area contributed by atoms with Crippen molar-refractivity contribution in [3.63, 3.8) is 0 Å². The van der Waals surface area contributed by atoms with E-state index in [2.05, 4.69) is 9.97 Å². The van der Waals surface area contributed by atoms with Gasteiger partial charge in [0.2, 0.25) is 5.88 Å². The minimum atomic E-state index is -0.898. The van der Waals surface area contributed by atoms with Gasteiger partial charge in [-0.05, 0) is 20.5 Å². The first kappa shape index (κ1) is 16.2. The van der Waals surface area contributed by atoms with Crippen molar-refractivity contribution in [3.8, 4) is 5.88 Å². The Hall–Kier alpha value is -1.89. The zero-order valence-corrected chi connectivity index (χ0v) is 12.2. The molecule has 1 rings (SSSR count). The molecule has 1 aromatic heterocycles. The summed E-state index contributed by atoms with van der Waals surface area (Å²) in [7, 11) is 3.87. The summed E-state index contributed by atoms with van der Waals surface area (Å²) in [6.07, 6.45) is 3.97. The van der Waals surface area contributed by atoms with Gasteiger partial charge in [0.25, 0.3) is 0 Å². The summed E-state index contributed by atoms with van der Waals surface area (Å²) in [6, 6.07) is 0. The number of carboxylic acid groups (broad SMARTS) is 1. The lowest BCUT2D eigenvalue weighted by molar-refractivity contribution is -0.135. The maximum absolute atomic E-state index is 10.9. The summed E-state index contributed by atoms with van der Waals surface area (Å²) in [5.74, 6) is 0.0397. The molecule has 1 N–H and O–H groups in total. The molecule has 0 amide bonds. The molecule has 0 spiro atoms. The van der Waals surface area contributed by atoms with Gasteiger partial charge in [0.05, 0.1) is 19.0 Å². The van der Waals surface area contributed by atoms with Crippen LogP contribution in [-0.4, -0.2) is 66.3 Å². The van der Waals surface area contributed by atoms with Gasteiger partial charge in [-0.15, -0.1) is 0 Å². The normalized spacial score (nSPS) is 10.6. The second-order valence-electron chi connectivity index (χ2n) is 4.68. The fourth-order valence-corrected chi connectivity index (χ4v) is 1.53. The fraction of sp³-hybridized carbons (Fsp3) is 0.615. The predicted molar refractivity (Wildman–Crippen MR) is 76.2 cm³/mol. The van der Waals surface area contributed by atoms with E-state index in [0.717, 1.165) is 13.0 Å². The lowest BCUT2D eigenvalue weighted by atomic mass is 10.4. The molecular formula is C13H22N4O3. The number of hydrogen-bond donors (Lipinski definition) is 1. The van der Waals surface area contributed by atoms with E-state index in [1.807, 2.05) is 25.9 Å². The number of ether oxygens (including phenoxy) is 1. The zero-order chi connectivity index (χ0) is 15.0. The van der Waals surface area contributed by atoms with Gasteiger partial charge in [-0.1, -0.05) is 6.92 Å². The third-order valence-electron chi connectivity index (χ3n) is 2.52. The number of carboxylic acids is 1. The van der Waals surface area contributed by atoms with E-state index in [-0.39, 0.29) is 6.54 Å². The van der Waals surface area contributed by atoms with Crippen LogP contribution in [0, 0.1) is 0 Å². The van der Waals surface area contributed by atoms with E-state index in [4.69, 9.17) is 9.84 Å². The number of likely N-dealkylation sites (N-methyl/N-ethyl adjacent to an activating group) is 1. The molecule has 0 saturated heterocycles. The first-order chi connectivity index (χ1) is 9.52. The zero-order valence-electron chi connectivity index (χ0n) is 12.2. The van der Waals surface area contributed by atoms with Crippen LogP contribution >= 0.6 is 0 Å². The molecule has 0 bridgehead atoms. The first-order valence-electron chi connectivity index (χ1n) is 6.59. The molecule has 1 heterocycles. The van der Waals surface area contributed by atoms with Gasteiger partial charge in [0, 0.05) is 13.1 Å². The highest BCUT2D eigenvalue weighted by atomic mass is 16.5. The van der Waals surface area contributed by atoms with Crippen LogP contribution in [0.2, 0.25) is 0 Å². The Morgan fingerprint density at radius 2 is 2.10 bits per heavy atom. The van der Waals surface area contributed by atoms with E-state index in [9.17, 15) is 4.79 Å². The highest BCUT2D eigenvalue weighted by Crippen LogP contribution is 2.14. The second kappa shape index (κ2) is 8.31. The Kier molecular flexibility index (Phi) is 6.72. The molecule has 0 fully saturated rings. The fourth-order valence-electron chi connectivity index (χ4n) is 1.53. The van der Waals surface area contributed by atoms with Crippen molar-refractivity contribution < 1.29 is 14.6 Å². The number of anilines is 1. The van der Waals surface area contributed by atoms with Crippen LogP contribution in [0.1, 0.15) is 13.3 Å². The third-order valence-corrected chi connectivity index (χ3v) is 2.52. The highest BCUT2D eigenvalue weighted by molar-refractivity contribution is 5.73. The smallest absolute Gasteiger partial charge is 0.323 e. The summed E-state index contributed by atoms with van der Waals surface area (Å²) in [6.45, 7) is 3.75. The number of nitrogens with zero attached hydrogens (tertiary/aromatic N) is 4. The molecule has 7 heteroatoms. The molecule has 0 aliphatic rings. The predicted octanol–water partition coefficient (Wildman–Crippen LogP) is 0.718. The van der Waals surface area contributed by atoms with E-state index in [1.165, 1.54) is 6.20 Å². The minimum Gasteiger partial charge on any atom is -0.480 e. The lowest BCUT2D eigenvalue weighted by Gasteiger charge is -2.23. The molecule has 0 aliphatic heterocycles. The molecule has 0 unspecified atom stereocenters. The maximum atomic E-state index is 10.9. The number of aliphatic carboxylic acids is 1.